The number of carbonyl (C=O) groups excluding carboxylic acids is 1. The van der Waals surface area contributed by atoms with Crippen molar-refractivity contribution < 1.29 is 9.21 Å². The second-order valence-electron chi connectivity index (χ2n) is 9.35. The monoisotopic (exact) mass is 476 g/mol. The minimum atomic E-state index is 0.0718. The van der Waals surface area contributed by atoms with Crippen LogP contribution in [0.25, 0.3) is 22.5 Å². The molecule has 7 heteroatoms. The number of oxazole rings is 1. The predicted molar refractivity (Wildman–Crippen MR) is 134 cm³/mol. The van der Waals surface area contributed by atoms with E-state index in [4.69, 9.17) is 16.0 Å². The highest BCUT2D eigenvalue weighted by atomic mass is 35.5. The van der Waals surface area contributed by atoms with E-state index >= 15 is 0 Å². The molecular formula is C27H29ClN4O2. The summed E-state index contributed by atoms with van der Waals surface area (Å²) in [6.45, 7) is 5.02. The largest absolute Gasteiger partial charge is 0.441 e. The zero-order valence-corrected chi connectivity index (χ0v) is 20.5. The third-order valence-corrected chi connectivity index (χ3v) is 7.13. The van der Waals surface area contributed by atoms with Gasteiger partial charge in [-0.2, -0.15) is 0 Å². The number of aryl methyl sites for hydroxylation is 3. The molecule has 0 aliphatic carbocycles. The Labute approximate surface area is 204 Å². The number of piperidine rings is 1. The number of benzene rings is 2. The van der Waals surface area contributed by atoms with Crippen LogP contribution in [0.3, 0.4) is 0 Å². The third-order valence-electron chi connectivity index (χ3n) is 6.89. The van der Waals surface area contributed by atoms with Gasteiger partial charge in [0.15, 0.2) is 11.5 Å². The molecule has 5 rings (SSSR count). The van der Waals surface area contributed by atoms with E-state index in [2.05, 4.69) is 21.8 Å². The molecule has 0 radical (unpaired) electrons. The second kappa shape index (κ2) is 9.26. The Morgan fingerprint density at radius 3 is 2.88 bits per heavy atom. The molecule has 3 heterocycles. The molecule has 0 bridgehead atoms. The Balaban J connectivity index is 1.42. The zero-order valence-electron chi connectivity index (χ0n) is 19.8. The molecule has 0 N–H and O–H groups in total. The lowest BCUT2D eigenvalue weighted by atomic mass is 9.87. The zero-order chi connectivity index (χ0) is 23.8. The number of likely N-dealkylation sites (tertiary alicyclic amines) is 1. The van der Waals surface area contributed by atoms with Gasteiger partial charge in [0.25, 0.3) is 5.91 Å². The van der Waals surface area contributed by atoms with Gasteiger partial charge in [0.05, 0.1) is 5.56 Å². The molecule has 2 atom stereocenters. The summed E-state index contributed by atoms with van der Waals surface area (Å²) in [6, 6.07) is 11.6. The van der Waals surface area contributed by atoms with Crippen molar-refractivity contribution in [3.63, 3.8) is 0 Å². The van der Waals surface area contributed by atoms with Gasteiger partial charge in [0.2, 0.25) is 0 Å². The topological polar surface area (TPSA) is 64.2 Å². The summed E-state index contributed by atoms with van der Waals surface area (Å²) < 4.78 is 7.90. The van der Waals surface area contributed by atoms with Gasteiger partial charge < -0.3 is 13.9 Å². The van der Waals surface area contributed by atoms with Crippen molar-refractivity contribution in [2.45, 2.75) is 45.6 Å². The van der Waals surface area contributed by atoms with Crippen molar-refractivity contribution in [2.75, 3.05) is 6.54 Å². The first kappa shape index (κ1) is 22.7. The summed E-state index contributed by atoms with van der Waals surface area (Å²) in [5.41, 5.74) is 4.16. The van der Waals surface area contributed by atoms with Crippen LogP contribution in [0.5, 0.6) is 0 Å². The summed E-state index contributed by atoms with van der Waals surface area (Å²) in [7, 11) is 1.95. The van der Waals surface area contributed by atoms with Gasteiger partial charge in [-0.3, -0.25) is 4.79 Å². The van der Waals surface area contributed by atoms with Crippen molar-refractivity contribution in [3.05, 3.63) is 70.8 Å². The standard InChI is InChI=1S/C27H29ClN4O2/c1-17-6-8-20(26-29-12-14-31(26)3)21(15-17)27(33)32-13-4-5-18(2)23(32)9-11-25-30-22-16-19(28)7-10-24(22)34-25/h6-8,10,12,14-16,18,23H,4-5,9,11,13H2,1-3H3/t18-,23-/m1/s1. The first-order chi connectivity index (χ1) is 16.4. The fourth-order valence-corrected chi connectivity index (χ4v) is 5.24. The van der Waals surface area contributed by atoms with Crippen LogP contribution in [-0.2, 0) is 13.5 Å². The number of amides is 1. The summed E-state index contributed by atoms with van der Waals surface area (Å²) in [5, 5.41) is 0.645. The van der Waals surface area contributed by atoms with Crippen LogP contribution >= 0.6 is 11.6 Å². The van der Waals surface area contributed by atoms with E-state index < -0.39 is 0 Å². The number of fused-ring (bicyclic) bond motifs is 1. The van der Waals surface area contributed by atoms with E-state index in [1.807, 2.05) is 61.1 Å². The normalized spacial score (nSPS) is 18.5. The number of halogens is 1. The highest BCUT2D eigenvalue weighted by molar-refractivity contribution is 6.31. The average molecular weight is 477 g/mol. The van der Waals surface area contributed by atoms with Gasteiger partial charge in [0, 0.05) is 49.0 Å². The van der Waals surface area contributed by atoms with E-state index in [0.717, 1.165) is 53.9 Å². The van der Waals surface area contributed by atoms with Crippen LogP contribution in [0.4, 0.5) is 0 Å². The SMILES string of the molecule is Cc1ccc(-c2nccn2C)c(C(=O)N2CCC[C@@H](C)[C@H]2CCc2nc3cc(Cl)ccc3o2)c1. The molecule has 2 aromatic heterocycles. The fraction of sp³-hybridized carbons (Fsp3) is 0.370. The van der Waals surface area contributed by atoms with Crippen LogP contribution < -0.4 is 0 Å². The maximum absolute atomic E-state index is 14.0. The molecule has 2 aromatic carbocycles. The van der Waals surface area contributed by atoms with Crippen LogP contribution in [0.15, 0.2) is 53.2 Å². The van der Waals surface area contributed by atoms with Crippen LogP contribution in [0, 0.1) is 12.8 Å². The van der Waals surface area contributed by atoms with E-state index in [1.165, 1.54) is 0 Å². The number of imidazole rings is 1. The Morgan fingerprint density at radius 1 is 1.24 bits per heavy atom. The fourth-order valence-electron chi connectivity index (χ4n) is 5.08. The number of rotatable bonds is 5. The molecule has 34 heavy (non-hydrogen) atoms. The van der Waals surface area contributed by atoms with Crippen molar-refractivity contribution in [3.8, 4) is 11.4 Å². The maximum Gasteiger partial charge on any atom is 0.254 e. The summed E-state index contributed by atoms with van der Waals surface area (Å²) >= 11 is 6.10. The number of aromatic nitrogens is 3. The highest BCUT2D eigenvalue weighted by Gasteiger charge is 2.33. The smallest absolute Gasteiger partial charge is 0.254 e. The van der Waals surface area contributed by atoms with E-state index in [-0.39, 0.29) is 11.9 Å². The molecule has 1 fully saturated rings. The Hall–Kier alpha value is -3.12. The molecule has 1 aliphatic heterocycles. The molecule has 6 nitrogen and oxygen atoms in total. The van der Waals surface area contributed by atoms with Crippen LogP contribution in [0.1, 0.15) is 48.0 Å². The van der Waals surface area contributed by atoms with Gasteiger partial charge in [-0.05, 0) is 56.4 Å². The van der Waals surface area contributed by atoms with Crippen LogP contribution in [-0.4, -0.2) is 37.9 Å². The van der Waals surface area contributed by atoms with E-state index in [0.29, 0.717) is 28.8 Å². The van der Waals surface area contributed by atoms with E-state index in [1.54, 1.807) is 6.20 Å². The molecule has 1 amide bonds. The molecule has 1 saturated heterocycles. The first-order valence-electron chi connectivity index (χ1n) is 11.8. The van der Waals surface area contributed by atoms with E-state index in [9.17, 15) is 4.79 Å². The summed E-state index contributed by atoms with van der Waals surface area (Å²) in [4.78, 5) is 25.1. The highest BCUT2D eigenvalue weighted by Crippen LogP contribution is 2.32. The minimum Gasteiger partial charge on any atom is -0.441 e. The first-order valence-corrected chi connectivity index (χ1v) is 12.2. The third kappa shape index (κ3) is 4.34. The van der Waals surface area contributed by atoms with Gasteiger partial charge >= 0.3 is 0 Å². The van der Waals surface area contributed by atoms with Crippen molar-refractivity contribution in [1.82, 2.24) is 19.4 Å². The van der Waals surface area contributed by atoms with Crippen molar-refractivity contribution in [2.24, 2.45) is 13.0 Å². The Kier molecular flexibility index (Phi) is 6.17. The van der Waals surface area contributed by atoms with Gasteiger partial charge in [0.1, 0.15) is 11.3 Å². The van der Waals surface area contributed by atoms with Gasteiger partial charge in [-0.15, -0.1) is 0 Å². The molecule has 0 saturated carbocycles. The average Bonchev–Trinajstić information content (AvgIpc) is 3.42. The molecular weight excluding hydrogens is 448 g/mol. The maximum atomic E-state index is 14.0. The summed E-state index contributed by atoms with van der Waals surface area (Å²) in [5.74, 6) is 1.96. The molecule has 176 valence electrons. The van der Waals surface area contributed by atoms with Crippen molar-refractivity contribution >= 4 is 28.6 Å². The molecule has 0 unspecified atom stereocenters. The van der Waals surface area contributed by atoms with Crippen molar-refractivity contribution in [1.29, 1.82) is 0 Å². The minimum absolute atomic E-state index is 0.0718. The van der Waals surface area contributed by atoms with Gasteiger partial charge in [-0.1, -0.05) is 36.2 Å². The number of nitrogens with zero attached hydrogens (tertiary/aromatic N) is 4. The lowest BCUT2D eigenvalue weighted by Gasteiger charge is -2.40. The second-order valence-corrected chi connectivity index (χ2v) is 9.79. The number of hydrogen-bond donors (Lipinski definition) is 0. The molecule has 1 aliphatic rings. The van der Waals surface area contributed by atoms with Gasteiger partial charge in [-0.25, -0.2) is 9.97 Å². The predicted octanol–water partition coefficient (Wildman–Crippen LogP) is 6.06. The molecule has 0 spiro atoms. The Morgan fingerprint density at radius 2 is 2.09 bits per heavy atom. The molecule has 4 aromatic rings. The number of carbonyl (C=O) groups is 1. The summed E-state index contributed by atoms with van der Waals surface area (Å²) in [6.07, 6.45) is 7.26. The van der Waals surface area contributed by atoms with Crippen LogP contribution in [0.2, 0.25) is 5.02 Å². The quantitative estimate of drug-likeness (QED) is 0.351. The lowest BCUT2D eigenvalue weighted by Crippen LogP contribution is -2.48. The number of hydrogen-bond acceptors (Lipinski definition) is 4. The lowest BCUT2D eigenvalue weighted by molar-refractivity contribution is 0.0496. The Bertz CT molecular complexity index is 1340.